The quantitative estimate of drug-likeness (QED) is 0.356. The highest BCUT2D eigenvalue weighted by molar-refractivity contribution is 8.13. The average molecular weight is 515 g/mol. The van der Waals surface area contributed by atoms with Gasteiger partial charge in [-0.3, -0.25) is 0 Å². The molecule has 190 valence electrons. The van der Waals surface area contributed by atoms with Gasteiger partial charge in [-0.15, -0.1) is 0 Å². The molecule has 0 amide bonds. The summed E-state index contributed by atoms with van der Waals surface area (Å²) in [4.78, 5) is 29.9. The third-order valence-corrected chi connectivity index (χ3v) is 6.82. The fourth-order valence-corrected chi connectivity index (χ4v) is 4.96. The van der Waals surface area contributed by atoms with E-state index in [1.54, 1.807) is 31.7 Å². The maximum atomic E-state index is 12.9. The number of thioether (sulfide) groups is 1. The minimum absolute atomic E-state index is 0.289. The van der Waals surface area contributed by atoms with Crippen LogP contribution in [0.25, 0.3) is 11.1 Å². The topological polar surface area (TPSA) is 77.0 Å². The zero-order valence-corrected chi connectivity index (χ0v) is 22.0. The van der Waals surface area contributed by atoms with Crippen LogP contribution in [0, 0.1) is 0 Å². The lowest BCUT2D eigenvalue weighted by molar-refractivity contribution is -0.138. The first-order chi connectivity index (χ1) is 18.0. The number of carbonyl (C=O) groups excluding carboxylic acids is 2. The molecule has 4 rings (SSSR count). The van der Waals surface area contributed by atoms with Gasteiger partial charge in [0.05, 0.1) is 24.4 Å². The van der Waals surface area contributed by atoms with Gasteiger partial charge in [-0.2, -0.15) is 0 Å². The summed E-state index contributed by atoms with van der Waals surface area (Å²) in [5, 5.41) is 4.04. The highest BCUT2D eigenvalue weighted by Crippen LogP contribution is 2.34. The summed E-state index contributed by atoms with van der Waals surface area (Å²) in [6, 6.07) is 25.0. The smallest absolute Gasteiger partial charge is 0.338 e. The van der Waals surface area contributed by atoms with Crippen molar-refractivity contribution in [2.24, 2.45) is 4.99 Å². The van der Waals surface area contributed by atoms with Crippen molar-refractivity contribution in [1.29, 1.82) is 0 Å². The number of esters is 2. The lowest BCUT2D eigenvalue weighted by atomic mass is 9.94. The number of benzene rings is 3. The molecule has 0 spiro atoms. The number of allylic oxidation sites excluding steroid dienone is 1. The van der Waals surface area contributed by atoms with Crippen LogP contribution < -0.4 is 5.32 Å². The van der Waals surface area contributed by atoms with Crippen LogP contribution in [0.4, 0.5) is 0 Å². The van der Waals surface area contributed by atoms with E-state index in [0.717, 1.165) is 33.3 Å². The number of amidine groups is 1. The van der Waals surface area contributed by atoms with Crippen molar-refractivity contribution in [2.45, 2.75) is 32.6 Å². The molecule has 3 aromatic rings. The molecule has 1 atom stereocenters. The number of nitrogens with one attached hydrogen (secondary N) is 1. The number of hydrogen-bond acceptors (Lipinski definition) is 7. The van der Waals surface area contributed by atoms with Crippen molar-refractivity contribution in [3.63, 3.8) is 0 Å². The minimum atomic E-state index is -0.488. The molecular weight excluding hydrogens is 484 g/mol. The molecule has 1 N–H and O–H groups in total. The zero-order valence-electron chi connectivity index (χ0n) is 21.2. The van der Waals surface area contributed by atoms with Crippen molar-refractivity contribution in [2.75, 3.05) is 13.2 Å². The van der Waals surface area contributed by atoms with Crippen LogP contribution in [-0.4, -0.2) is 30.3 Å². The van der Waals surface area contributed by atoms with Gasteiger partial charge in [-0.1, -0.05) is 78.5 Å². The van der Waals surface area contributed by atoms with Gasteiger partial charge in [-0.25, -0.2) is 14.6 Å². The molecule has 1 aliphatic rings. The lowest BCUT2D eigenvalue weighted by Gasteiger charge is -2.26. The number of nitrogens with zero attached hydrogens (tertiary/aromatic N) is 1. The Morgan fingerprint density at radius 1 is 0.865 bits per heavy atom. The molecular formula is C30H30N2O4S. The third-order valence-electron chi connectivity index (χ3n) is 5.87. The van der Waals surface area contributed by atoms with E-state index in [9.17, 15) is 9.59 Å². The lowest BCUT2D eigenvalue weighted by Crippen LogP contribution is -2.30. The first-order valence-corrected chi connectivity index (χ1v) is 13.3. The molecule has 0 saturated heterocycles. The molecule has 6 nitrogen and oxygen atoms in total. The second-order valence-electron chi connectivity index (χ2n) is 8.42. The fraction of sp³-hybridized carbons (Fsp3) is 0.233. The van der Waals surface area contributed by atoms with Gasteiger partial charge in [0.25, 0.3) is 0 Å². The van der Waals surface area contributed by atoms with E-state index < -0.39 is 6.04 Å². The first kappa shape index (κ1) is 26.2. The van der Waals surface area contributed by atoms with Crippen molar-refractivity contribution in [1.82, 2.24) is 5.32 Å². The summed E-state index contributed by atoms with van der Waals surface area (Å²) < 4.78 is 10.5. The number of carbonyl (C=O) groups is 2. The van der Waals surface area contributed by atoms with Crippen LogP contribution in [0.15, 0.2) is 95.1 Å². The highest BCUT2D eigenvalue weighted by Gasteiger charge is 2.30. The normalized spacial score (nSPS) is 15.0. The second-order valence-corrected chi connectivity index (χ2v) is 9.38. The molecule has 1 unspecified atom stereocenters. The largest absolute Gasteiger partial charge is 0.463 e. The number of hydrogen-bond donors (Lipinski definition) is 1. The summed E-state index contributed by atoms with van der Waals surface area (Å²) in [5.41, 5.74) is 5.68. The van der Waals surface area contributed by atoms with Gasteiger partial charge in [0.1, 0.15) is 6.04 Å². The summed E-state index contributed by atoms with van der Waals surface area (Å²) in [6.45, 7) is 6.08. The molecule has 7 heteroatoms. The molecule has 0 fully saturated rings. The van der Waals surface area contributed by atoms with Crippen LogP contribution in [0.2, 0.25) is 0 Å². The van der Waals surface area contributed by atoms with E-state index >= 15 is 0 Å². The van der Waals surface area contributed by atoms with Crippen molar-refractivity contribution >= 4 is 28.9 Å². The van der Waals surface area contributed by atoms with E-state index in [-0.39, 0.29) is 18.5 Å². The third kappa shape index (κ3) is 6.49. The standard InChI is InChI=1S/C30H30N2O4S/c1-4-35-28(33)25-13-9-12-24(18-25)22-14-16-23(17-15-22)27-26(29(34)36-5-2)20(3)31-30(32-27)37-19-21-10-7-6-8-11-21/h6-18,27H,4-5,19H2,1-3H3,(H,31,32). The van der Waals surface area contributed by atoms with Gasteiger partial charge >= 0.3 is 11.9 Å². The number of rotatable bonds is 8. The Bertz CT molecular complexity index is 1320. The van der Waals surface area contributed by atoms with Gasteiger partial charge in [0.15, 0.2) is 5.17 Å². The monoisotopic (exact) mass is 514 g/mol. The number of aliphatic imine (C=N–C) groups is 1. The van der Waals surface area contributed by atoms with Crippen LogP contribution in [0.5, 0.6) is 0 Å². The molecule has 0 saturated carbocycles. The van der Waals surface area contributed by atoms with Gasteiger partial charge in [0.2, 0.25) is 0 Å². The van der Waals surface area contributed by atoms with E-state index in [1.807, 2.05) is 67.6 Å². The first-order valence-electron chi connectivity index (χ1n) is 12.3. The molecule has 0 bridgehead atoms. The molecule has 3 aromatic carbocycles. The summed E-state index contributed by atoms with van der Waals surface area (Å²) in [7, 11) is 0. The Kier molecular flexibility index (Phi) is 8.80. The minimum Gasteiger partial charge on any atom is -0.463 e. The van der Waals surface area contributed by atoms with E-state index in [0.29, 0.717) is 17.7 Å². The van der Waals surface area contributed by atoms with Gasteiger partial charge < -0.3 is 14.8 Å². The maximum Gasteiger partial charge on any atom is 0.338 e. The molecule has 0 radical (unpaired) electrons. The second kappa shape index (κ2) is 12.4. The van der Waals surface area contributed by atoms with Gasteiger partial charge in [-0.05, 0) is 55.2 Å². The summed E-state index contributed by atoms with van der Waals surface area (Å²) >= 11 is 1.60. The predicted molar refractivity (Wildman–Crippen MR) is 148 cm³/mol. The molecule has 1 heterocycles. The molecule has 37 heavy (non-hydrogen) atoms. The van der Waals surface area contributed by atoms with Crippen LogP contribution in [0.3, 0.4) is 0 Å². The van der Waals surface area contributed by atoms with Gasteiger partial charge in [0, 0.05) is 11.4 Å². The SMILES string of the molecule is CCOC(=O)C1=C(C)NC(SCc2ccccc2)=NC1c1ccc(-c2cccc(C(=O)OCC)c2)cc1. The number of ether oxygens (including phenoxy) is 2. The van der Waals surface area contributed by atoms with Crippen molar-refractivity contribution < 1.29 is 19.1 Å². The Morgan fingerprint density at radius 3 is 2.27 bits per heavy atom. The summed E-state index contributed by atoms with van der Waals surface area (Å²) in [6.07, 6.45) is 0. The molecule has 0 aromatic heterocycles. The summed E-state index contributed by atoms with van der Waals surface area (Å²) in [5.74, 6) is 0.0433. The van der Waals surface area contributed by atoms with Crippen LogP contribution in [0.1, 0.15) is 48.3 Å². The van der Waals surface area contributed by atoms with Crippen LogP contribution >= 0.6 is 11.8 Å². The maximum absolute atomic E-state index is 12.9. The Hall–Kier alpha value is -3.84. The van der Waals surface area contributed by atoms with Crippen LogP contribution in [-0.2, 0) is 20.0 Å². The van der Waals surface area contributed by atoms with Crippen molar-refractivity contribution in [3.05, 3.63) is 107 Å². The van der Waals surface area contributed by atoms with E-state index in [4.69, 9.17) is 14.5 Å². The fourth-order valence-electron chi connectivity index (χ4n) is 4.06. The highest BCUT2D eigenvalue weighted by atomic mass is 32.2. The molecule has 0 aliphatic carbocycles. The Morgan fingerprint density at radius 2 is 1.57 bits per heavy atom. The van der Waals surface area contributed by atoms with E-state index in [2.05, 4.69) is 17.4 Å². The van der Waals surface area contributed by atoms with E-state index in [1.165, 1.54) is 5.56 Å². The zero-order chi connectivity index (χ0) is 26.2. The van der Waals surface area contributed by atoms with Crippen molar-refractivity contribution in [3.8, 4) is 11.1 Å². The Balaban J connectivity index is 1.61. The Labute approximate surface area is 221 Å². The molecule has 1 aliphatic heterocycles. The average Bonchev–Trinajstić information content (AvgIpc) is 2.92. The predicted octanol–water partition coefficient (Wildman–Crippen LogP) is 6.30.